The van der Waals surface area contributed by atoms with Crippen LogP contribution in [0.4, 0.5) is 5.69 Å². The maximum Gasteiger partial charge on any atom is 0.0602 e. The Balaban J connectivity index is 2.20. The molecule has 0 aliphatic carbocycles. The van der Waals surface area contributed by atoms with Gasteiger partial charge in [-0.05, 0) is 50.5 Å². The molecule has 2 atom stereocenters. The number of benzene rings is 1. The minimum atomic E-state index is 0.170. The number of nitrogens with zero attached hydrogens (tertiary/aromatic N) is 1. The SMILES string of the molecule is Cc1cc(C)cc(N2CCC(C)NC(CO)C2)c1. The van der Waals surface area contributed by atoms with Gasteiger partial charge in [0.2, 0.25) is 0 Å². The Bertz CT molecular complexity index is 385. The van der Waals surface area contributed by atoms with E-state index in [9.17, 15) is 5.11 Å². The molecule has 1 aromatic rings. The lowest BCUT2D eigenvalue weighted by Gasteiger charge is -2.26. The number of aliphatic hydroxyl groups is 1. The van der Waals surface area contributed by atoms with E-state index >= 15 is 0 Å². The predicted octanol–water partition coefficient (Wildman–Crippen LogP) is 1.85. The van der Waals surface area contributed by atoms with Crippen molar-refractivity contribution in [3.05, 3.63) is 29.3 Å². The van der Waals surface area contributed by atoms with E-state index in [0.29, 0.717) is 6.04 Å². The Kier molecular flexibility index (Phi) is 4.25. The molecule has 0 amide bonds. The minimum absolute atomic E-state index is 0.170. The van der Waals surface area contributed by atoms with Crippen LogP contribution in [0.2, 0.25) is 0 Å². The second-order valence-corrected chi connectivity index (χ2v) is 5.53. The monoisotopic (exact) mass is 248 g/mol. The lowest BCUT2D eigenvalue weighted by atomic mass is 10.1. The molecule has 100 valence electrons. The Labute approximate surface area is 110 Å². The topological polar surface area (TPSA) is 35.5 Å². The average molecular weight is 248 g/mol. The standard InChI is InChI=1S/C15H24N2O/c1-11-6-12(2)8-15(7-11)17-5-4-13(3)16-14(9-17)10-18/h6-8,13-14,16,18H,4-5,9-10H2,1-3H3. The first-order valence-corrected chi connectivity index (χ1v) is 6.78. The van der Waals surface area contributed by atoms with Crippen molar-refractivity contribution in [1.29, 1.82) is 0 Å². The Morgan fingerprint density at radius 2 is 1.94 bits per heavy atom. The van der Waals surface area contributed by atoms with Gasteiger partial charge in [0.05, 0.1) is 6.61 Å². The molecule has 1 aliphatic heterocycles. The molecule has 18 heavy (non-hydrogen) atoms. The highest BCUT2D eigenvalue weighted by Gasteiger charge is 2.21. The highest BCUT2D eigenvalue weighted by molar-refractivity contribution is 5.51. The molecule has 1 fully saturated rings. The van der Waals surface area contributed by atoms with Gasteiger partial charge in [0.15, 0.2) is 0 Å². The summed E-state index contributed by atoms with van der Waals surface area (Å²) in [7, 11) is 0. The van der Waals surface area contributed by atoms with Gasteiger partial charge >= 0.3 is 0 Å². The van der Waals surface area contributed by atoms with Gasteiger partial charge in [-0.2, -0.15) is 0 Å². The van der Waals surface area contributed by atoms with Gasteiger partial charge in [-0.1, -0.05) is 6.07 Å². The normalized spacial score (nSPS) is 25.0. The van der Waals surface area contributed by atoms with Gasteiger partial charge in [-0.3, -0.25) is 0 Å². The largest absolute Gasteiger partial charge is 0.395 e. The minimum Gasteiger partial charge on any atom is -0.395 e. The summed E-state index contributed by atoms with van der Waals surface area (Å²) in [5, 5.41) is 12.9. The van der Waals surface area contributed by atoms with E-state index < -0.39 is 0 Å². The molecule has 0 bridgehead atoms. The molecule has 0 saturated carbocycles. The summed E-state index contributed by atoms with van der Waals surface area (Å²) in [6.45, 7) is 8.59. The van der Waals surface area contributed by atoms with E-state index in [1.54, 1.807) is 0 Å². The molecule has 0 aromatic heterocycles. The lowest BCUT2D eigenvalue weighted by Crippen LogP contribution is -2.42. The first-order valence-electron chi connectivity index (χ1n) is 6.78. The van der Waals surface area contributed by atoms with Crippen LogP contribution in [0, 0.1) is 13.8 Å². The van der Waals surface area contributed by atoms with Crippen molar-refractivity contribution >= 4 is 5.69 Å². The number of aryl methyl sites for hydroxylation is 2. The molecule has 0 spiro atoms. The van der Waals surface area contributed by atoms with Crippen molar-refractivity contribution in [3.8, 4) is 0 Å². The van der Waals surface area contributed by atoms with E-state index in [-0.39, 0.29) is 12.6 Å². The van der Waals surface area contributed by atoms with Gasteiger partial charge in [0.25, 0.3) is 0 Å². The van der Waals surface area contributed by atoms with Crippen molar-refractivity contribution in [2.45, 2.75) is 39.3 Å². The van der Waals surface area contributed by atoms with E-state index in [4.69, 9.17) is 0 Å². The molecule has 2 N–H and O–H groups in total. The molecule has 3 heteroatoms. The summed E-state index contributed by atoms with van der Waals surface area (Å²) in [6.07, 6.45) is 1.11. The van der Waals surface area contributed by atoms with Gasteiger partial charge < -0.3 is 15.3 Å². The molecule has 3 nitrogen and oxygen atoms in total. The first-order chi connectivity index (χ1) is 8.58. The molecule has 1 aliphatic rings. The number of hydrogen-bond acceptors (Lipinski definition) is 3. The van der Waals surface area contributed by atoms with Crippen LogP contribution in [-0.4, -0.2) is 36.9 Å². The number of anilines is 1. The van der Waals surface area contributed by atoms with Crippen LogP contribution in [-0.2, 0) is 0 Å². The van der Waals surface area contributed by atoms with Gasteiger partial charge in [-0.25, -0.2) is 0 Å². The highest BCUT2D eigenvalue weighted by Crippen LogP contribution is 2.21. The summed E-state index contributed by atoms with van der Waals surface area (Å²) in [5.41, 5.74) is 3.88. The van der Waals surface area contributed by atoms with E-state index in [1.807, 2.05) is 0 Å². The molecule has 2 rings (SSSR count). The fourth-order valence-corrected chi connectivity index (χ4v) is 2.72. The average Bonchev–Trinajstić information content (AvgIpc) is 2.49. The summed E-state index contributed by atoms with van der Waals surface area (Å²) < 4.78 is 0. The second kappa shape index (κ2) is 5.72. The van der Waals surface area contributed by atoms with E-state index in [2.05, 4.69) is 49.2 Å². The molecule has 1 heterocycles. The van der Waals surface area contributed by atoms with Crippen LogP contribution in [0.15, 0.2) is 18.2 Å². The van der Waals surface area contributed by atoms with Crippen molar-refractivity contribution in [3.63, 3.8) is 0 Å². The zero-order valence-corrected chi connectivity index (χ0v) is 11.6. The highest BCUT2D eigenvalue weighted by atomic mass is 16.3. The number of aliphatic hydroxyl groups excluding tert-OH is 1. The van der Waals surface area contributed by atoms with Crippen molar-refractivity contribution in [2.75, 3.05) is 24.6 Å². The lowest BCUT2D eigenvalue weighted by molar-refractivity contribution is 0.240. The third-order valence-corrected chi connectivity index (χ3v) is 3.59. The van der Waals surface area contributed by atoms with Crippen LogP contribution in [0.3, 0.4) is 0 Å². The van der Waals surface area contributed by atoms with Crippen LogP contribution in [0.1, 0.15) is 24.5 Å². The maximum atomic E-state index is 9.42. The molecular weight excluding hydrogens is 224 g/mol. The van der Waals surface area contributed by atoms with Crippen LogP contribution in [0.5, 0.6) is 0 Å². The van der Waals surface area contributed by atoms with Crippen molar-refractivity contribution < 1.29 is 5.11 Å². The molecule has 2 unspecified atom stereocenters. The zero-order chi connectivity index (χ0) is 13.1. The summed E-state index contributed by atoms with van der Waals surface area (Å²) in [5.74, 6) is 0. The smallest absolute Gasteiger partial charge is 0.0602 e. The number of rotatable bonds is 2. The molecule has 1 aromatic carbocycles. The number of nitrogens with one attached hydrogen (secondary N) is 1. The van der Waals surface area contributed by atoms with E-state index in [1.165, 1.54) is 16.8 Å². The molecule has 1 saturated heterocycles. The molecular formula is C15H24N2O. The van der Waals surface area contributed by atoms with Crippen molar-refractivity contribution in [1.82, 2.24) is 5.32 Å². The van der Waals surface area contributed by atoms with E-state index in [0.717, 1.165) is 19.5 Å². The van der Waals surface area contributed by atoms with Gasteiger partial charge in [0.1, 0.15) is 0 Å². The van der Waals surface area contributed by atoms with Gasteiger partial charge in [-0.15, -0.1) is 0 Å². The number of hydrogen-bond donors (Lipinski definition) is 2. The van der Waals surface area contributed by atoms with Crippen LogP contribution >= 0.6 is 0 Å². The fraction of sp³-hybridized carbons (Fsp3) is 0.600. The zero-order valence-electron chi connectivity index (χ0n) is 11.6. The summed E-state index contributed by atoms with van der Waals surface area (Å²) in [6, 6.07) is 7.31. The van der Waals surface area contributed by atoms with Gasteiger partial charge in [0, 0.05) is 30.9 Å². The Hall–Kier alpha value is -1.06. The Morgan fingerprint density at radius 1 is 1.28 bits per heavy atom. The summed E-state index contributed by atoms with van der Waals surface area (Å²) >= 11 is 0. The molecule has 0 radical (unpaired) electrons. The quantitative estimate of drug-likeness (QED) is 0.838. The van der Waals surface area contributed by atoms with Crippen LogP contribution < -0.4 is 10.2 Å². The fourth-order valence-electron chi connectivity index (χ4n) is 2.72. The first kappa shape index (κ1) is 13.4. The maximum absolute atomic E-state index is 9.42. The Morgan fingerprint density at radius 3 is 2.56 bits per heavy atom. The summed E-state index contributed by atoms with van der Waals surface area (Å²) in [4.78, 5) is 2.39. The predicted molar refractivity (Wildman–Crippen MR) is 76.2 cm³/mol. The third-order valence-electron chi connectivity index (χ3n) is 3.59. The third kappa shape index (κ3) is 3.24. The second-order valence-electron chi connectivity index (χ2n) is 5.53. The van der Waals surface area contributed by atoms with Crippen molar-refractivity contribution in [2.24, 2.45) is 0 Å². The van der Waals surface area contributed by atoms with Crippen LogP contribution in [0.25, 0.3) is 0 Å².